The zero-order chi connectivity index (χ0) is 19.7. The van der Waals surface area contributed by atoms with Gasteiger partial charge in [0.05, 0.1) is 11.4 Å². The summed E-state index contributed by atoms with van der Waals surface area (Å²) in [5, 5.41) is 11.8. The number of halogens is 1. The van der Waals surface area contributed by atoms with Crippen molar-refractivity contribution >= 4 is 16.8 Å². The molecule has 0 aliphatic carbocycles. The molecule has 2 heterocycles. The monoisotopic (exact) mass is 377 g/mol. The Balaban J connectivity index is 1.44. The Hall–Kier alpha value is -3.48. The zero-order valence-electron chi connectivity index (χ0n) is 15.7. The summed E-state index contributed by atoms with van der Waals surface area (Å²) in [6.45, 7) is 4.25. The van der Waals surface area contributed by atoms with Crippen molar-refractivity contribution in [2.75, 3.05) is 6.54 Å². The summed E-state index contributed by atoms with van der Waals surface area (Å²) in [5.41, 5.74) is 4.81. The predicted molar refractivity (Wildman–Crippen MR) is 105 cm³/mol. The van der Waals surface area contributed by atoms with Gasteiger partial charge in [-0.3, -0.25) is 4.79 Å². The van der Waals surface area contributed by atoms with Crippen LogP contribution in [0.2, 0.25) is 0 Å². The number of hydrogen-bond donors (Lipinski definition) is 2. The molecule has 2 aromatic carbocycles. The SMILES string of the molecule is Cc1ccc(-n2nnc(C(=O)NCCc3c[nH]c4ccc(F)cc34)c2C)cc1. The number of amides is 1. The number of carbonyl (C=O) groups is 1. The third kappa shape index (κ3) is 3.38. The summed E-state index contributed by atoms with van der Waals surface area (Å²) in [5.74, 6) is -0.553. The van der Waals surface area contributed by atoms with E-state index in [1.807, 2.05) is 44.3 Å². The van der Waals surface area contributed by atoms with Gasteiger partial charge in [-0.2, -0.15) is 0 Å². The highest BCUT2D eigenvalue weighted by Crippen LogP contribution is 2.19. The number of aromatic amines is 1. The van der Waals surface area contributed by atoms with E-state index in [4.69, 9.17) is 0 Å². The predicted octanol–water partition coefficient (Wildman–Crippen LogP) is 3.48. The largest absolute Gasteiger partial charge is 0.361 e. The number of fused-ring (bicyclic) bond motifs is 1. The minimum Gasteiger partial charge on any atom is -0.361 e. The van der Waals surface area contributed by atoms with E-state index in [0.29, 0.717) is 24.4 Å². The number of benzene rings is 2. The van der Waals surface area contributed by atoms with Gasteiger partial charge in [0, 0.05) is 23.6 Å². The van der Waals surface area contributed by atoms with E-state index in [0.717, 1.165) is 27.7 Å². The Morgan fingerprint density at radius 2 is 1.96 bits per heavy atom. The maximum atomic E-state index is 13.5. The van der Waals surface area contributed by atoms with Crippen LogP contribution in [0.25, 0.3) is 16.6 Å². The first-order chi connectivity index (χ1) is 13.5. The Labute approximate surface area is 161 Å². The topological polar surface area (TPSA) is 75.6 Å². The van der Waals surface area contributed by atoms with E-state index in [1.165, 1.54) is 12.1 Å². The molecule has 0 atom stereocenters. The fourth-order valence-electron chi connectivity index (χ4n) is 3.22. The number of H-pyrrole nitrogens is 1. The van der Waals surface area contributed by atoms with Crippen molar-refractivity contribution in [1.82, 2.24) is 25.3 Å². The highest BCUT2D eigenvalue weighted by Gasteiger charge is 2.17. The van der Waals surface area contributed by atoms with E-state index >= 15 is 0 Å². The van der Waals surface area contributed by atoms with Gasteiger partial charge in [-0.25, -0.2) is 9.07 Å². The smallest absolute Gasteiger partial charge is 0.273 e. The fraction of sp³-hybridized carbons (Fsp3) is 0.190. The number of nitrogens with one attached hydrogen (secondary N) is 2. The molecule has 142 valence electrons. The van der Waals surface area contributed by atoms with Crippen molar-refractivity contribution in [1.29, 1.82) is 0 Å². The van der Waals surface area contributed by atoms with E-state index in [2.05, 4.69) is 20.6 Å². The van der Waals surface area contributed by atoms with Gasteiger partial charge in [0.15, 0.2) is 5.69 Å². The van der Waals surface area contributed by atoms with Crippen molar-refractivity contribution in [3.63, 3.8) is 0 Å². The van der Waals surface area contributed by atoms with Gasteiger partial charge in [-0.15, -0.1) is 5.10 Å². The normalized spacial score (nSPS) is 11.1. The molecule has 7 heteroatoms. The van der Waals surface area contributed by atoms with Crippen molar-refractivity contribution in [3.05, 3.63) is 77.0 Å². The van der Waals surface area contributed by atoms with Crippen LogP contribution < -0.4 is 5.32 Å². The number of rotatable bonds is 5. The number of nitrogens with zero attached hydrogens (tertiary/aromatic N) is 3. The van der Waals surface area contributed by atoms with Gasteiger partial charge in [-0.1, -0.05) is 22.9 Å². The molecule has 4 aromatic rings. The van der Waals surface area contributed by atoms with Crippen molar-refractivity contribution in [2.24, 2.45) is 0 Å². The van der Waals surface area contributed by atoms with Gasteiger partial charge in [0.25, 0.3) is 5.91 Å². The van der Waals surface area contributed by atoms with Gasteiger partial charge in [-0.05, 0) is 56.2 Å². The summed E-state index contributed by atoms with van der Waals surface area (Å²) in [4.78, 5) is 15.6. The van der Waals surface area contributed by atoms with Crippen molar-refractivity contribution < 1.29 is 9.18 Å². The highest BCUT2D eigenvalue weighted by molar-refractivity contribution is 5.93. The standard InChI is InChI=1S/C21H20FN5O/c1-13-3-6-17(7-4-13)27-14(2)20(25-26-27)21(28)23-10-9-15-12-24-19-8-5-16(22)11-18(15)19/h3-8,11-12,24H,9-10H2,1-2H3,(H,23,28). The summed E-state index contributed by atoms with van der Waals surface area (Å²) in [6, 6.07) is 12.5. The quantitative estimate of drug-likeness (QED) is 0.559. The van der Waals surface area contributed by atoms with Crippen LogP contribution in [0.15, 0.2) is 48.7 Å². The van der Waals surface area contributed by atoms with Crippen LogP contribution >= 0.6 is 0 Å². The lowest BCUT2D eigenvalue weighted by Crippen LogP contribution is -2.26. The molecule has 0 aliphatic rings. The van der Waals surface area contributed by atoms with Crippen molar-refractivity contribution in [2.45, 2.75) is 20.3 Å². The lowest BCUT2D eigenvalue weighted by Gasteiger charge is -2.05. The van der Waals surface area contributed by atoms with Crippen LogP contribution in [0, 0.1) is 19.7 Å². The Morgan fingerprint density at radius 1 is 1.18 bits per heavy atom. The molecule has 1 amide bonds. The van der Waals surface area contributed by atoms with Gasteiger partial charge >= 0.3 is 0 Å². The van der Waals surface area contributed by atoms with Gasteiger partial charge in [0.1, 0.15) is 5.82 Å². The second kappa shape index (κ2) is 7.26. The molecule has 0 saturated heterocycles. The average Bonchev–Trinajstić information content (AvgIpc) is 3.26. The minimum absolute atomic E-state index is 0.276. The van der Waals surface area contributed by atoms with E-state index in [1.54, 1.807) is 10.7 Å². The molecule has 0 saturated carbocycles. The van der Waals surface area contributed by atoms with Crippen LogP contribution in [-0.2, 0) is 6.42 Å². The summed E-state index contributed by atoms with van der Waals surface area (Å²) in [7, 11) is 0. The third-order valence-electron chi connectivity index (χ3n) is 4.80. The number of aryl methyl sites for hydroxylation is 1. The molecule has 0 radical (unpaired) electrons. The average molecular weight is 377 g/mol. The van der Waals surface area contributed by atoms with Crippen LogP contribution in [0.4, 0.5) is 4.39 Å². The molecule has 0 unspecified atom stereocenters. The molecule has 2 N–H and O–H groups in total. The molecule has 0 bridgehead atoms. The lowest BCUT2D eigenvalue weighted by atomic mass is 10.1. The second-order valence-corrected chi connectivity index (χ2v) is 6.78. The first kappa shape index (κ1) is 17.9. The molecule has 6 nitrogen and oxygen atoms in total. The first-order valence-electron chi connectivity index (χ1n) is 9.06. The van der Waals surface area contributed by atoms with Crippen LogP contribution in [0.5, 0.6) is 0 Å². The maximum Gasteiger partial charge on any atom is 0.273 e. The summed E-state index contributed by atoms with van der Waals surface area (Å²) in [6.07, 6.45) is 2.43. The van der Waals surface area contributed by atoms with E-state index in [-0.39, 0.29) is 11.7 Å². The number of aromatic nitrogens is 4. The molecule has 28 heavy (non-hydrogen) atoms. The zero-order valence-corrected chi connectivity index (χ0v) is 15.7. The van der Waals surface area contributed by atoms with Gasteiger partial charge < -0.3 is 10.3 Å². The second-order valence-electron chi connectivity index (χ2n) is 6.78. The molecule has 0 aliphatic heterocycles. The van der Waals surface area contributed by atoms with Crippen molar-refractivity contribution in [3.8, 4) is 5.69 Å². The number of carbonyl (C=O) groups excluding carboxylic acids is 1. The Morgan fingerprint density at radius 3 is 2.75 bits per heavy atom. The van der Waals surface area contributed by atoms with Crippen LogP contribution in [0.3, 0.4) is 0 Å². The Bertz CT molecular complexity index is 1140. The fourth-order valence-corrected chi connectivity index (χ4v) is 3.22. The molecular weight excluding hydrogens is 357 g/mol. The lowest BCUT2D eigenvalue weighted by molar-refractivity contribution is 0.0948. The summed E-state index contributed by atoms with van der Waals surface area (Å²) >= 11 is 0. The maximum absolute atomic E-state index is 13.5. The highest BCUT2D eigenvalue weighted by atomic mass is 19.1. The van der Waals surface area contributed by atoms with Gasteiger partial charge in [0.2, 0.25) is 0 Å². The molecular formula is C21H20FN5O. The van der Waals surface area contributed by atoms with Crippen LogP contribution in [-0.4, -0.2) is 32.4 Å². The molecule has 0 fully saturated rings. The summed E-state index contributed by atoms with van der Waals surface area (Å²) < 4.78 is 15.1. The minimum atomic E-state index is -0.277. The van der Waals surface area contributed by atoms with E-state index in [9.17, 15) is 9.18 Å². The number of hydrogen-bond acceptors (Lipinski definition) is 3. The molecule has 0 spiro atoms. The van der Waals surface area contributed by atoms with E-state index < -0.39 is 0 Å². The van der Waals surface area contributed by atoms with Crippen LogP contribution in [0.1, 0.15) is 27.3 Å². The first-order valence-corrected chi connectivity index (χ1v) is 9.06. The third-order valence-corrected chi connectivity index (χ3v) is 4.80. The Kier molecular flexibility index (Phi) is 4.65. The molecule has 4 rings (SSSR count). The molecule has 2 aromatic heterocycles.